The predicted molar refractivity (Wildman–Crippen MR) is 242 cm³/mol. The van der Waals surface area contributed by atoms with Crippen LogP contribution in [-0.2, 0) is 23.9 Å². The molecule has 3 amide bonds. The lowest BCUT2D eigenvalue weighted by atomic mass is 9.82. The van der Waals surface area contributed by atoms with Gasteiger partial charge in [0, 0.05) is 43.2 Å². The Morgan fingerprint density at radius 1 is 0.810 bits per heavy atom. The van der Waals surface area contributed by atoms with Crippen LogP contribution in [0.1, 0.15) is 126 Å². The van der Waals surface area contributed by atoms with Gasteiger partial charge in [-0.05, 0) is 120 Å². The van der Waals surface area contributed by atoms with Crippen LogP contribution in [0.15, 0.2) is 59.9 Å². The van der Waals surface area contributed by atoms with Crippen LogP contribution in [0.4, 0.5) is 4.79 Å². The van der Waals surface area contributed by atoms with Crippen molar-refractivity contribution in [1.29, 1.82) is 0 Å². The van der Waals surface area contributed by atoms with E-state index in [-0.39, 0.29) is 48.1 Å². The Hall–Kier alpha value is -5.85. The van der Waals surface area contributed by atoms with Crippen molar-refractivity contribution < 1.29 is 28.7 Å². The number of carbonyl (C=O) groups excluding carboxylic acids is 4. The molecule has 2 N–H and O–H groups in total. The van der Waals surface area contributed by atoms with Gasteiger partial charge in [-0.25, -0.2) is 9.78 Å². The Balaban J connectivity index is 0.923. The molecule has 2 aromatic carbocycles. The topological polar surface area (TPSA) is 159 Å². The average Bonchev–Trinajstić information content (AvgIpc) is 4.16. The lowest BCUT2D eigenvalue weighted by Crippen LogP contribution is -2.51. The maximum Gasteiger partial charge on any atom is 0.407 e. The molecule has 2 bridgehead atoms. The number of H-pyrrole nitrogens is 1. The van der Waals surface area contributed by atoms with Crippen molar-refractivity contribution in [2.75, 3.05) is 27.3 Å². The van der Waals surface area contributed by atoms with Crippen LogP contribution in [0.5, 0.6) is 0 Å². The number of pyridine rings is 1. The fraction of sp³-hybridized carbons (Fsp3) is 0.500. The van der Waals surface area contributed by atoms with Gasteiger partial charge in [-0.15, -0.1) is 0 Å². The van der Waals surface area contributed by atoms with Crippen LogP contribution in [0.2, 0.25) is 0 Å². The number of likely N-dealkylation sites (tertiary alicyclic amines) is 2. The molecule has 2 saturated heterocycles. The summed E-state index contributed by atoms with van der Waals surface area (Å²) in [4.78, 5) is 74.1. The molecule has 0 spiro atoms. The number of nitrogens with zero attached hydrogens (tertiary/aromatic N) is 5. The van der Waals surface area contributed by atoms with E-state index in [0.29, 0.717) is 31.3 Å². The second kappa shape index (κ2) is 17.4. The van der Waals surface area contributed by atoms with Crippen molar-refractivity contribution in [3.05, 3.63) is 77.4 Å². The molecule has 1 saturated carbocycles. The summed E-state index contributed by atoms with van der Waals surface area (Å²) in [6.45, 7) is 9.09. The third-order valence-corrected chi connectivity index (χ3v) is 14.4. The zero-order valence-electron chi connectivity index (χ0n) is 37.3. The van der Waals surface area contributed by atoms with Crippen LogP contribution in [0, 0.1) is 17.8 Å². The summed E-state index contributed by atoms with van der Waals surface area (Å²) in [5.41, 5.74) is 12.4. The van der Waals surface area contributed by atoms with E-state index in [9.17, 15) is 19.2 Å². The molecular formula is C50H59N7O6. The number of ether oxygens (including phenoxy) is 2. The molecule has 5 aliphatic rings. The normalized spacial score (nSPS) is 22.4. The first kappa shape index (κ1) is 42.5. The van der Waals surface area contributed by atoms with Gasteiger partial charge in [0.15, 0.2) is 0 Å². The lowest BCUT2D eigenvalue weighted by Gasteiger charge is -2.30. The number of hydrogen-bond donors (Lipinski definition) is 2. The van der Waals surface area contributed by atoms with Gasteiger partial charge in [0.05, 0.1) is 55.4 Å². The summed E-state index contributed by atoms with van der Waals surface area (Å²) in [5.74, 6) is 0.814. The average molecular weight is 854 g/mol. The van der Waals surface area contributed by atoms with Gasteiger partial charge in [0.1, 0.15) is 11.9 Å². The Labute approximate surface area is 369 Å². The van der Waals surface area contributed by atoms with Crippen molar-refractivity contribution in [1.82, 2.24) is 30.1 Å². The Bertz CT molecular complexity index is 2510. The number of allylic oxidation sites excluding steroid dienone is 1. The van der Waals surface area contributed by atoms with Crippen molar-refractivity contribution in [2.24, 2.45) is 22.7 Å². The second-order valence-electron chi connectivity index (χ2n) is 18.8. The molecule has 4 aromatic rings. The number of aromatic nitrogens is 3. The molecule has 13 nitrogen and oxygen atoms in total. The minimum atomic E-state index is -0.687. The summed E-state index contributed by atoms with van der Waals surface area (Å²) in [7, 11) is 2.67. The van der Waals surface area contributed by atoms with Crippen molar-refractivity contribution in [3.8, 4) is 22.4 Å². The summed E-state index contributed by atoms with van der Waals surface area (Å²) in [5, 5.41) is 2.74. The minimum Gasteiger partial charge on any atom is -0.469 e. The first-order chi connectivity index (χ1) is 30.4. The largest absolute Gasteiger partial charge is 0.469 e. The highest BCUT2D eigenvalue weighted by Gasteiger charge is 2.42. The number of imidazole rings is 1. The van der Waals surface area contributed by atoms with E-state index in [0.717, 1.165) is 77.1 Å². The van der Waals surface area contributed by atoms with Crippen molar-refractivity contribution >= 4 is 46.2 Å². The molecule has 63 heavy (non-hydrogen) atoms. The van der Waals surface area contributed by atoms with Gasteiger partial charge in [0.2, 0.25) is 11.8 Å². The molecule has 2 unspecified atom stereocenters. The van der Waals surface area contributed by atoms with Crippen LogP contribution >= 0.6 is 0 Å². The number of aromatic amines is 1. The van der Waals surface area contributed by atoms with Gasteiger partial charge in [0.25, 0.3) is 0 Å². The molecule has 3 aliphatic heterocycles. The Morgan fingerprint density at radius 3 is 2.19 bits per heavy atom. The zero-order chi connectivity index (χ0) is 44.1. The van der Waals surface area contributed by atoms with Crippen molar-refractivity contribution in [3.63, 3.8) is 0 Å². The highest BCUT2D eigenvalue weighted by Crippen LogP contribution is 2.58. The number of nitrogens with one attached hydrogen (secondary N) is 2. The maximum absolute atomic E-state index is 13.8. The van der Waals surface area contributed by atoms with Gasteiger partial charge in [-0.2, -0.15) is 0 Å². The Morgan fingerprint density at radius 2 is 1.51 bits per heavy atom. The number of aliphatic imine (C=N–C) groups is 1. The number of amides is 3. The van der Waals surface area contributed by atoms with E-state index in [1.165, 1.54) is 49.3 Å². The fourth-order valence-corrected chi connectivity index (χ4v) is 11.1. The molecule has 3 fully saturated rings. The van der Waals surface area contributed by atoms with Crippen molar-refractivity contribution in [2.45, 2.75) is 115 Å². The van der Waals surface area contributed by atoms with Gasteiger partial charge in [-0.1, -0.05) is 52.0 Å². The van der Waals surface area contributed by atoms with Gasteiger partial charge < -0.3 is 29.6 Å². The molecule has 2 aromatic heterocycles. The number of esters is 1. The first-order valence-electron chi connectivity index (χ1n) is 22.9. The lowest BCUT2D eigenvalue weighted by molar-refractivity contribution is -0.148. The van der Waals surface area contributed by atoms with Crippen LogP contribution in [0.25, 0.3) is 39.0 Å². The molecular weight excluding hydrogens is 795 g/mol. The molecule has 2 aliphatic carbocycles. The molecule has 330 valence electrons. The van der Waals surface area contributed by atoms with Crippen LogP contribution in [0.3, 0.4) is 0 Å². The monoisotopic (exact) mass is 853 g/mol. The summed E-state index contributed by atoms with van der Waals surface area (Å²) in [6.07, 6.45) is 11.0. The van der Waals surface area contributed by atoms with Gasteiger partial charge in [-0.3, -0.25) is 24.4 Å². The van der Waals surface area contributed by atoms with E-state index in [1.807, 2.05) is 49.9 Å². The third-order valence-electron chi connectivity index (χ3n) is 14.4. The summed E-state index contributed by atoms with van der Waals surface area (Å²) in [6, 6.07) is 14.3. The Kier molecular flexibility index (Phi) is 11.7. The molecule has 13 heteroatoms. The second-order valence-corrected chi connectivity index (χ2v) is 18.8. The smallest absolute Gasteiger partial charge is 0.407 e. The SMILES string of the molecule is COC(=O)C[C@H](C(=O)N1CCC[C@H]1C1=NC=C(c2ccc(-c3ccc(-c4ccc5nc([C@@H]6CCCN6C(=O)[C@@H](NC(=O)OC)C(C)C)[nH]c5c4)c4c3C3CCC4C3)nc2)C1)C(C)C. The van der Waals surface area contributed by atoms with Crippen LogP contribution < -0.4 is 5.32 Å². The number of benzene rings is 2. The predicted octanol–water partition coefficient (Wildman–Crippen LogP) is 8.71. The molecule has 9 rings (SSSR count). The standard InChI is InChI=1S/C50H59N7O6/c1-27(2)36(24-43(58)62-5)48(59)56-19-7-9-41(56)40-23-33(26-52-40)32-14-17-37(51-25-32)35-16-15-34(44-30-11-12-31(21-30)45(35)44)29-13-18-38-39(22-29)54-47(53-38)42-10-8-20-57(42)49(60)46(28(3)4)55-50(61)63-6/h13-18,22,25-28,30-31,36,41-42,46H,7-12,19-21,23-24H2,1-6H3,(H,53,54)(H,55,61)/t30?,31?,36-,41-,42-,46-/m0/s1. The summed E-state index contributed by atoms with van der Waals surface area (Å²) >= 11 is 0. The van der Waals surface area contributed by atoms with E-state index in [2.05, 4.69) is 52.8 Å². The van der Waals surface area contributed by atoms with E-state index < -0.39 is 18.1 Å². The minimum absolute atomic E-state index is 0.0113. The highest BCUT2D eigenvalue weighted by molar-refractivity contribution is 6.03. The van der Waals surface area contributed by atoms with E-state index >= 15 is 0 Å². The van der Waals surface area contributed by atoms with E-state index in [1.54, 1.807) is 0 Å². The number of fused-ring (bicyclic) bond motifs is 6. The number of methoxy groups -OCH3 is 2. The number of alkyl carbamates (subject to hydrolysis) is 1. The maximum atomic E-state index is 13.8. The first-order valence-corrected chi connectivity index (χ1v) is 22.9. The van der Waals surface area contributed by atoms with E-state index in [4.69, 9.17) is 24.4 Å². The third kappa shape index (κ3) is 7.92. The van der Waals surface area contributed by atoms with Crippen LogP contribution in [-0.4, -0.2) is 93.7 Å². The van der Waals surface area contributed by atoms with Gasteiger partial charge >= 0.3 is 12.1 Å². The molecule has 5 heterocycles. The number of carbonyl (C=O) groups is 4. The summed E-state index contributed by atoms with van der Waals surface area (Å²) < 4.78 is 9.73. The quantitative estimate of drug-likeness (QED) is 0.134. The number of rotatable bonds is 12. The molecule has 6 atom stereocenters. The zero-order valence-corrected chi connectivity index (χ0v) is 37.3. The number of hydrogen-bond acceptors (Lipinski definition) is 9. The fourth-order valence-electron chi connectivity index (χ4n) is 11.1. The highest BCUT2D eigenvalue weighted by atomic mass is 16.5. The molecule has 0 radical (unpaired) electrons.